The molecule has 2 aromatic rings. The van der Waals surface area contributed by atoms with Gasteiger partial charge in [-0.05, 0) is 42.7 Å². The highest BCUT2D eigenvalue weighted by atomic mass is 35.5. The second-order valence-electron chi connectivity index (χ2n) is 5.55. The van der Waals surface area contributed by atoms with Gasteiger partial charge in [0.2, 0.25) is 0 Å². The fourth-order valence-corrected chi connectivity index (χ4v) is 4.35. The third kappa shape index (κ3) is 3.37. The summed E-state index contributed by atoms with van der Waals surface area (Å²) in [5, 5.41) is 9.53. The predicted molar refractivity (Wildman–Crippen MR) is 91.5 cm³/mol. The first-order chi connectivity index (χ1) is 11.1. The molecule has 1 N–H and O–H groups in total. The molecular weight excluding hydrogens is 334 g/mol. The van der Waals surface area contributed by atoms with E-state index < -0.39 is 12.0 Å². The van der Waals surface area contributed by atoms with Crippen LogP contribution in [-0.2, 0) is 4.79 Å². The molecule has 122 valence electrons. The van der Waals surface area contributed by atoms with Gasteiger partial charge in [-0.15, -0.1) is 11.3 Å². The van der Waals surface area contributed by atoms with Gasteiger partial charge in [-0.2, -0.15) is 0 Å². The first kappa shape index (κ1) is 16.3. The van der Waals surface area contributed by atoms with Crippen molar-refractivity contribution in [3.8, 4) is 5.75 Å². The lowest BCUT2D eigenvalue weighted by molar-refractivity contribution is -0.142. The summed E-state index contributed by atoms with van der Waals surface area (Å²) in [6.45, 7) is 0.767. The summed E-state index contributed by atoms with van der Waals surface area (Å²) in [5.41, 5.74) is 1.05. The highest BCUT2D eigenvalue weighted by Gasteiger charge is 2.37. The summed E-state index contributed by atoms with van der Waals surface area (Å²) in [6.07, 6.45) is 1.57. The number of carbonyl (C=O) groups is 1. The smallest absolute Gasteiger partial charge is 0.320 e. The van der Waals surface area contributed by atoms with Crippen LogP contribution in [0.2, 0.25) is 4.34 Å². The lowest BCUT2D eigenvalue weighted by Gasteiger charge is -2.31. The minimum Gasteiger partial charge on any atom is -0.497 e. The van der Waals surface area contributed by atoms with Crippen molar-refractivity contribution < 1.29 is 14.6 Å². The fraction of sp³-hybridized carbons (Fsp3) is 0.353. The zero-order valence-corrected chi connectivity index (χ0v) is 14.3. The number of thiophene rings is 1. The van der Waals surface area contributed by atoms with Crippen molar-refractivity contribution in [2.45, 2.75) is 24.9 Å². The fourth-order valence-electron chi connectivity index (χ4n) is 3.14. The van der Waals surface area contributed by atoms with Crippen molar-refractivity contribution >= 4 is 28.9 Å². The minimum atomic E-state index is -0.760. The largest absolute Gasteiger partial charge is 0.497 e. The van der Waals surface area contributed by atoms with E-state index in [0.29, 0.717) is 10.8 Å². The second-order valence-corrected chi connectivity index (χ2v) is 7.30. The van der Waals surface area contributed by atoms with E-state index in [1.54, 1.807) is 7.11 Å². The zero-order chi connectivity index (χ0) is 16.4. The molecule has 0 saturated carbocycles. The molecule has 2 heterocycles. The molecule has 23 heavy (non-hydrogen) atoms. The van der Waals surface area contributed by atoms with E-state index in [-0.39, 0.29) is 6.04 Å². The number of benzene rings is 1. The Hall–Kier alpha value is -1.56. The molecule has 4 nitrogen and oxygen atoms in total. The van der Waals surface area contributed by atoms with Gasteiger partial charge >= 0.3 is 5.97 Å². The molecule has 1 aliphatic heterocycles. The molecule has 1 fully saturated rings. The summed E-state index contributed by atoms with van der Waals surface area (Å²) in [4.78, 5) is 14.7. The highest BCUT2D eigenvalue weighted by Crippen LogP contribution is 2.39. The summed E-state index contributed by atoms with van der Waals surface area (Å²) >= 11 is 7.61. The predicted octanol–water partition coefficient (Wildman–Crippen LogP) is 4.05. The van der Waals surface area contributed by atoms with Gasteiger partial charge in [-0.25, -0.2) is 0 Å². The molecule has 6 heteroatoms. The maximum atomic E-state index is 11.6. The van der Waals surface area contributed by atoms with Gasteiger partial charge in [0.05, 0.1) is 17.5 Å². The number of ether oxygens (including phenoxy) is 1. The number of halogens is 1. The highest BCUT2D eigenvalue weighted by molar-refractivity contribution is 7.16. The normalized spacial score (nSPS) is 19.7. The number of hydrogen-bond acceptors (Lipinski definition) is 4. The maximum absolute atomic E-state index is 11.6. The summed E-state index contributed by atoms with van der Waals surface area (Å²) in [7, 11) is 1.63. The molecule has 1 aromatic carbocycles. The molecule has 0 amide bonds. The Morgan fingerprint density at radius 2 is 2.09 bits per heavy atom. The number of nitrogens with zero attached hydrogens (tertiary/aromatic N) is 1. The molecule has 1 aliphatic rings. The van der Waals surface area contributed by atoms with Crippen LogP contribution >= 0.6 is 22.9 Å². The van der Waals surface area contributed by atoms with E-state index in [0.717, 1.165) is 29.2 Å². The van der Waals surface area contributed by atoms with Gasteiger partial charge in [0.15, 0.2) is 0 Å². The van der Waals surface area contributed by atoms with Gasteiger partial charge in [0.1, 0.15) is 11.8 Å². The Morgan fingerprint density at radius 1 is 1.35 bits per heavy atom. The van der Waals surface area contributed by atoms with Crippen LogP contribution in [0.15, 0.2) is 36.4 Å². The first-order valence-electron chi connectivity index (χ1n) is 7.48. The molecule has 0 aliphatic carbocycles. The van der Waals surface area contributed by atoms with Gasteiger partial charge in [-0.3, -0.25) is 9.69 Å². The van der Waals surface area contributed by atoms with Crippen molar-refractivity contribution in [3.63, 3.8) is 0 Å². The third-order valence-corrected chi connectivity index (χ3v) is 5.49. The van der Waals surface area contributed by atoms with Gasteiger partial charge < -0.3 is 9.84 Å². The Kier molecular flexibility index (Phi) is 4.90. The summed E-state index contributed by atoms with van der Waals surface area (Å²) in [5.74, 6) is 0.0246. The van der Waals surface area contributed by atoms with Crippen LogP contribution in [-0.4, -0.2) is 35.7 Å². The van der Waals surface area contributed by atoms with Crippen molar-refractivity contribution in [1.29, 1.82) is 0 Å². The van der Waals surface area contributed by atoms with Crippen LogP contribution in [0.25, 0.3) is 0 Å². The van der Waals surface area contributed by atoms with E-state index in [2.05, 4.69) is 4.90 Å². The molecule has 2 unspecified atom stereocenters. The SMILES string of the molecule is COc1ccc(C(c2ccc(Cl)s2)N2CCCC2C(=O)O)cc1. The topological polar surface area (TPSA) is 49.8 Å². The van der Waals surface area contributed by atoms with Crippen LogP contribution in [0.5, 0.6) is 5.75 Å². The number of carboxylic acids is 1. The molecule has 3 rings (SSSR count). The van der Waals surface area contributed by atoms with Gasteiger partial charge in [0.25, 0.3) is 0 Å². The van der Waals surface area contributed by atoms with Gasteiger partial charge in [0, 0.05) is 11.4 Å². The monoisotopic (exact) mass is 351 g/mol. The molecule has 0 spiro atoms. The zero-order valence-electron chi connectivity index (χ0n) is 12.7. The van der Waals surface area contributed by atoms with E-state index in [1.165, 1.54) is 11.3 Å². The van der Waals surface area contributed by atoms with Crippen LogP contribution < -0.4 is 4.74 Å². The Balaban J connectivity index is 2.01. The number of carboxylic acid groups (broad SMARTS) is 1. The maximum Gasteiger partial charge on any atom is 0.320 e. The molecule has 0 radical (unpaired) electrons. The summed E-state index contributed by atoms with van der Waals surface area (Å²) in [6, 6.07) is 11.1. The van der Waals surface area contributed by atoms with Crippen molar-refractivity contribution in [3.05, 3.63) is 51.2 Å². The third-order valence-electron chi connectivity index (χ3n) is 4.21. The molecule has 0 bridgehead atoms. The van der Waals surface area contributed by atoms with Crippen molar-refractivity contribution in [1.82, 2.24) is 4.90 Å². The van der Waals surface area contributed by atoms with E-state index in [9.17, 15) is 9.90 Å². The molecule has 2 atom stereocenters. The average Bonchev–Trinajstić information content (AvgIpc) is 3.18. The Morgan fingerprint density at radius 3 is 2.65 bits per heavy atom. The first-order valence-corrected chi connectivity index (χ1v) is 8.67. The molecule has 1 saturated heterocycles. The van der Waals surface area contributed by atoms with Gasteiger partial charge in [-0.1, -0.05) is 23.7 Å². The van der Waals surface area contributed by atoms with E-state index in [1.807, 2.05) is 36.4 Å². The standard InChI is InChI=1S/C17H18ClNO3S/c1-22-12-6-4-11(5-7-12)16(14-8-9-15(18)23-14)19-10-2-3-13(19)17(20)21/h4-9,13,16H,2-3,10H2,1H3,(H,20,21). The van der Waals surface area contributed by atoms with E-state index >= 15 is 0 Å². The quantitative estimate of drug-likeness (QED) is 0.883. The Bertz CT molecular complexity index is 685. The van der Waals surface area contributed by atoms with Crippen LogP contribution in [0.3, 0.4) is 0 Å². The lowest BCUT2D eigenvalue weighted by atomic mass is 10.0. The number of methoxy groups -OCH3 is 1. The number of likely N-dealkylation sites (tertiary alicyclic amines) is 1. The molecule has 1 aromatic heterocycles. The van der Waals surface area contributed by atoms with Crippen LogP contribution in [0, 0.1) is 0 Å². The van der Waals surface area contributed by atoms with Crippen molar-refractivity contribution in [2.24, 2.45) is 0 Å². The van der Waals surface area contributed by atoms with Crippen molar-refractivity contribution in [2.75, 3.05) is 13.7 Å². The lowest BCUT2D eigenvalue weighted by Crippen LogP contribution is -2.38. The molecular formula is C17H18ClNO3S. The van der Waals surface area contributed by atoms with Crippen LogP contribution in [0.1, 0.15) is 29.3 Å². The number of aliphatic carboxylic acids is 1. The number of rotatable bonds is 5. The van der Waals surface area contributed by atoms with Crippen LogP contribution in [0.4, 0.5) is 0 Å². The van der Waals surface area contributed by atoms with E-state index in [4.69, 9.17) is 16.3 Å². The Labute approximate surface area is 144 Å². The summed E-state index contributed by atoms with van der Waals surface area (Å²) < 4.78 is 5.93. The second kappa shape index (κ2) is 6.91. The number of hydrogen-bond donors (Lipinski definition) is 1. The minimum absolute atomic E-state index is 0.0954. The average molecular weight is 352 g/mol.